The van der Waals surface area contributed by atoms with Crippen molar-refractivity contribution in [3.8, 4) is 11.5 Å². The van der Waals surface area contributed by atoms with Gasteiger partial charge >= 0.3 is 6.03 Å². The van der Waals surface area contributed by atoms with Gasteiger partial charge in [-0.1, -0.05) is 48.5 Å². The van der Waals surface area contributed by atoms with Crippen LogP contribution in [-0.4, -0.2) is 25.0 Å². The fourth-order valence-corrected chi connectivity index (χ4v) is 3.55. The first-order valence-electron chi connectivity index (χ1n) is 11.4. The zero-order chi connectivity index (χ0) is 24.5. The van der Waals surface area contributed by atoms with Gasteiger partial charge in [-0.2, -0.15) is 0 Å². The summed E-state index contributed by atoms with van der Waals surface area (Å²) in [5, 5.41) is 5.83. The second kappa shape index (κ2) is 11.5. The molecular formula is C29H27N3O3. The molecule has 0 aliphatic heterocycles. The van der Waals surface area contributed by atoms with Crippen LogP contribution in [0.5, 0.6) is 11.5 Å². The fourth-order valence-electron chi connectivity index (χ4n) is 3.55. The number of carbonyl (C=O) groups excluding carboxylic acids is 2. The van der Waals surface area contributed by atoms with Crippen LogP contribution < -0.4 is 20.3 Å². The number of benzene rings is 4. The summed E-state index contributed by atoms with van der Waals surface area (Å²) in [6.07, 6.45) is 0. The molecule has 0 saturated heterocycles. The smallest absolute Gasteiger partial charge is 0.326 e. The number of anilines is 2. The summed E-state index contributed by atoms with van der Waals surface area (Å²) in [5.41, 5.74) is 3.01. The predicted molar refractivity (Wildman–Crippen MR) is 139 cm³/mol. The van der Waals surface area contributed by atoms with Gasteiger partial charge < -0.3 is 15.4 Å². The summed E-state index contributed by atoms with van der Waals surface area (Å²) in [6, 6.07) is 33.1. The van der Waals surface area contributed by atoms with E-state index >= 15 is 0 Å². The monoisotopic (exact) mass is 465 g/mol. The zero-order valence-electron chi connectivity index (χ0n) is 19.5. The minimum Gasteiger partial charge on any atom is -0.457 e. The lowest BCUT2D eigenvalue weighted by Gasteiger charge is -2.24. The van der Waals surface area contributed by atoms with Crippen molar-refractivity contribution in [2.75, 3.05) is 23.3 Å². The molecule has 35 heavy (non-hydrogen) atoms. The molecule has 6 nitrogen and oxygen atoms in total. The van der Waals surface area contributed by atoms with Crippen LogP contribution in [0.15, 0.2) is 109 Å². The first-order valence-corrected chi connectivity index (χ1v) is 11.4. The van der Waals surface area contributed by atoms with E-state index in [9.17, 15) is 9.59 Å². The highest BCUT2D eigenvalue weighted by molar-refractivity contribution is 6.02. The maximum absolute atomic E-state index is 13.2. The molecule has 0 saturated carbocycles. The summed E-state index contributed by atoms with van der Waals surface area (Å²) in [6.45, 7) is 2.55. The van der Waals surface area contributed by atoms with E-state index in [1.807, 2.05) is 104 Å². The van der Waals surface area contributed by atoms with E-state index in [1.54, 1.807) is 17.0 Å². The highest BCUT2D eigenvalue weighted by Gasteiger charge is 2.17. The molecule has 0 heterocycles. The highest BCUT2D eigenvalue weighted by atomic mass is 16.5. The van der Waals surface area contributed by atoms with Crippen LogP contribution in [-0.2, 0) is 0 Å². The number of urea groups is 1. The summed E-state index contributed by atoms with van der Waals surface area (Å²) < 4.78 is 5.87. The van der Waals surface area contributed by atoms with Crippen LogP contribution in [0, 0.1) is 6.92 Å². The van der Waals surface area contributed by atoms with Gasteiger partial charge in [-0.3, -0.25) is 9.69 Å². The maximum atomic E-state index is 13.2. The van der Waals surface area contributed by atoms with Crippen molar-refractivity contribution in [2.24, 2.45) is 0 Å². The molecule has 0 bridgehead atoms. The summed E-state index contributed by atoms with van der Waals surface area (Å²) in [4.78, 5) is 27.2. The van der Waals surface area contributed by atoms with Gasteiger partial charge in [-0.15, -0.1) is 0 Å². The van der Waals surface area contributed by atoms with E-state index in [0.29, 0.717) is 22.7 Å². The third-order valence-corrected chi connectivity index (χ3v) is 5.30. The predicted octanol–water partition coefficient (Wildman–Crippen LogP) is 6.26. The Bertz CT molecular complexity index is 1260. The third kappa shape index (κ3) is 6.71. The standard InChI is InChI=1S/C29H27N3O3/c1-22-9-8-12-24(21-22)31-29(34)32(20-19-30-28(33)23-10-4-2-5-11-23)25-15-17-27(18-16-25)35-26-13-6-3-7-14-26/h2-18,21H,19-20H2,1H3,(H,30,33)(H,31,34). The molecule has 0 radical (unpaired) electrons. The largest absolute Gasteiger partial charge is 0.457 e. The van der Waals surface area contributed by atoms with Crippen molar-refractivity contribution >= 4 is 23.3 Å². The Morgan fingerprint density at radius 1 is 0.771 bits per heavy atom. The lowest BCUT2D eigenvalue weighted by Crippen LogP contribution is -2.41. The molecule has 0 atom stereocenters. The number of para-hydroxylation sites is 1. The quantitative estimate of drug-likeness (QED) is 0.323. The number of ether oxygens (including phenoxy) is 1. The number of nitrogens with one attached hydrogen (secondary N) is 2. The minimum absolute atomic E-state index is 0.184. The Labute approximate surface area is 205 Å². The Morgan fingerprint density at radius 2 is 1.43 bits per heavy atom. The average Bonchev–Trinajstić information content (AvgIpc) is 2.88. The van der Waals surface area contributed by atoms with Gasteiger partial charge in [0.25, 0.3) is 5.91 Å². The molecule has 176 valence electrons. The van der Waals surface area contributed by atoms with E-state index in [4.69, 9.17) is 4.74 Å². The van der Waals surface area contributed by atoms with E-state index in [1.165, 1.54) is 0 Å². The van der Waals surface area contributed by atoms with E-state index < -0.39 is 0 Å². The van der Waals surface area contributed by atoms with Crippen LogP contribution in [0.4, 0.5) is 16.2 Å². The van der Waals surface area contributed by atoms with Crippen molar-refractivity contribution in [3.63, 3.8) is 0 Å². The van der Waals surface area contributed by atoms with Crippen molar-refractivity contribution in [1.82, 2.24) is 5.32 Å². The molecule has 0 spiro atoms. The molecule has 4 aromatic carbocycles. The zero-order valence-corrected chi connectivity index (χ0v) is 19.5. The lowest BCUT2D eigenvalue weighted by atomic mass is 10.2. The highest BCUT2D eigenvalue weighted by Crippen LogP contribution is 2.25. The number of nitrogens with zero attached hydrogens (tertiary/aromatic N) is 1. The van der Waals surface area contributed by atoms with Crippen molar-refractivity contribution in [1.29, 1.82) is 0 Å². The molecule has 0 aliphatic carbocycles. The molecule has 0 unspecified atom stereocenters. The maximum Gasteiger partial charge on any atom is 0.326 e. The van der Waals surface area contributed by atoms with Crippen LogP contribution >= 0.6 is 0 Å². The number of hydrogen-bond donors (Lipinski definition) is 2. The van der Waals surface area contributed by atoms with Gasteiger partial charge in [0, 0.05) is 30.0 Å². The first kappa shape index (κ1) is 23.6. The van der Waals surface area contributed by atoms with Gasteiger partial charge in [-0.05, 0) is 73.2 Å². The molecule has 0 aliphatic rings. The summed E-state index contributed by atoms with van der Waals surface area (Å²) >= 11 is 0. The first-order chi connectivity index (χ1) is 17.1. The van der Waals surface area contributed by atoms with Gasteiger partial charge in [0.05, 0.1) is 0 Å². The van der Waals surface area contributed by atoms with E-state index in [-0.39, 0.29) is 25.0 Å². The second-order valence-corrected chi connectivity index (χ2v) is 7.98. The molecule has 6 heteroatoms. The van der Waals surface area contributed by atoms with Crippen molar-refractivity contribution in [3.05, 3.63) is 120 Å². The second-order valence-electron chi connectivity index (χ2n) is 7.98. The van der Waals surface area contributed by atoms with Gasteiger partial charge in [-0.25, -0.2) is 4.79 Å². The molecule has 0 aromatic heterocycles. The van der Waals surface area contributed by atoms with Crippen LogP contribution in [0.1, 0.15) is 15.9 Å². The molecular weight excluding hydrogens is 438 g/mol. The Morgan fingerprint density at radius 3 is 2.11 bits per heavy atom. The average molecular weight is 466 g/mol. The SMILES string of the molecule is Cc1cccc(NC(=O)N(CCNC(=O)c2ccccc2)c2ccc(Oc3ccccc3)cc2)c1. The summed E-state index contributed by atoms with van der Waals surface area (Å²) in [5.74, 6) is 1.21. The van der Waals surface area contributed by atoms with Gasteiger partial charge in [0.15, 0.2) is 0 Å². The van der Waals surface area contributed by atoms with Crippen LogP contribution in [0.3, 0.4) is 0 Å². The Kier molecular flexibility index (Phi) is 7.76. The van der Waals surface area contributed by atoms with Gasteiger partial charge in [0.1, 0.15) is 11.5 Å². The van der Waals surface area contributed by atoms with Crippen molar-refractivity contribution < 1.29 is 14.3 Å². The van der Waals surface area contributed by atoms with Gasteiger partial charge in [0.2, 0.25) is 0 Å². The normalized spacial score (nSPS) is 10.3. The molecule has 4 aromatic rings. The molecule has 0 fully saturated rings. The minimum atomic E-state index is -0.290. The van der Waals surface area contributed by atoms with Crippen LogP contribution in [0.25, 0.3) is 0 Å². The van der Waals surface area contributed by atoms with E-state index in [0.717, 1.165) is 11.3 Å². The summed E-state index contributed by atoms with van der Waals surface area (Å²) in [7, 11) is 0. The Balaban J connectivity index is 1.47. The number of carbonyl (C=O) groups is 2. The van der Waals surface area contributed by atoms with Crippen LogP contribution in [0.2, 0.25) is 0 Å². The molecule has 4 rings (SSSR count). The van der Waals surface area contributed by atoms with Crippen molar-refractivity contribution in [2.45, 2.75) is 6.92 Å². The third-order valence-electron chi connectivity index (χ3n) is 5.30. The number of hydrogen-bond acceptors (Lipinski definition) is 3. The topological polar surface area (TPSA) is 70.7 Å². The number of rotatable bonds is 8. The number of amides is 3. The lowest BCUT2D eigenvalue weighted by molar-refractivity contribution is 0.0954. The number of aryl methyl sites for hydroxylation is 1. The molecule has 3 amide bonds. The van der Waals surface area contributed by atoms with E-state index in [2.05, 4.69) is 10.6 Å². The Hall–Kier alpha value is -4.58. The fraction of sp³-hybridized carbons (Fsp3) is 0.103. The molecule has 2 N–H and O–H groups in total.